The van der Waals surface area contributed by atoms with Gasteiger partial charge in [0.2, 0.25) is 6.79 Å². The molecule has 5 rings (SSSR count). The Bertz CT molecular complexity index is 970. The molecule has 2 fully saturated rings. The number of hydrogen-bond donors (Lipinski definition) is 0. The van der Waals surface area contributed by atoms with E-state index in [0.29, 0.717) is 5.92 Å². The maximum Gasteiger partial charge on any atom is 0.260 e. The zero-order valence-corrected chi connectivity index (χ0v) is 18.8. The molecule has 6 heteroatoms. The van der Waals surface area contributed by atoms with Gasteiger partial charge in [-0.15, -0.1) is 0 Å². The van der Waals surface area contributed by atoms with Gasteiger partial charge in [-0.05, 0) is 73.5 Å². The molecule has 32 heavy (non-hydrogen) atoms. The predicted molar refractivity (Wildman–Crippen MR) is 123 cm³/mol. The van der Waals surface area contributed by atoms with Crippen LogP contribution in [0.15, 0.2) is 36.4 Å². The van der Waals surface area contributed by atoms with Crippen LogP contribution in [0.5, 0.6) is 17.2 Å². The lowest BCUT2D eigenvalue weighted by Gasteiger charge is -2.31. The van der Waals surface area contributed by atoms with Gasteiger partial charge in [0.15, 0.2) is 18.1 Å². The van der Waals surface area contributed by atoms with Crippen molar-refractivity contribution in [3.63, 3.8) is 0 Å². The summed E-state index contributed by atoms with van der Waals surface area (Å²) in [6.45, 7) is 7.43. The average Bonchev–Trinajstić information content (AvgIpc) is 3.50. The van der Waals surface area contributed by atoms with Crippen molar-refractivity contribution in [1.82, 2.24) is 9.80 Å². The number of rotatable bonds is 6. The quantitative estimate of drug-likeness (QED) is 0.675. The second kappa shape index (κ2) is 9.41. The molecule has 3 aliphatic rings. The van der Waals surface area contributed by atoms with Crippen LogP contribution in [-0.4, -0.2) is 55.3 Å². The number of piperidine rings is 1. The number of carbonyl (C=O) groups is 1. The van der Waals surface area contributed by atoms with Crippen molar-refractivity contribution in [2.24, 2.45) is 5.92 Å². The molecule has 0 radical (unpaired) electrons. The van der Waals surface area contributed by atoms with Gasteiger partial charge in [0.25, 0.3) is 5.91 Å². The zero-order chi connectivity index (χ0) is 21.9. The van der Waals surface area contributed by atoms with E-state index in [4.69, 9.17) is 14.2 Å². The number of hydrogen-bond acceptors (Lipinski definition) is 5. The number of benzene rings is 2. The van der Waals surface area contributed by atoms with Gasteiger partial charge in [-0.1, -0.05) is 19.1 Å². The number of carbonyl (C=O) groups excluding carboxylic acids is 1. The molecule has 6 nitrogen and oxygen atoms in total. The molecule has 1 amide bonds. The topological polar surface area (TPSA) is 51.2 Å². The number of ether oxygens (including phenoxy) is 3. The second-order valence-corrected chi connectivity index (χ2v) is 9.25. The van der Waals surface area contributed by atoms with Gasteiger partial charge in [0.1, 0.15) is 5.75 Å². The Hall–Kier alpha value is -2.73. The highest BCUT2D eigenvalue weighted by Crippen LogP contribution is 2.37. The third-order valence-corrected chi connectivity index (χ3v) is 6.71. The predicted octanol–water partition coefficient (Wildman–Crippen LogP) is 4.32. The molecule has 3 heterocycles. The fraction of sp³-hybridized carbons (Fsp3) is 0.500. The summed E-state index contributed by atoms with van der Waals surface area (Å²) in [4.78, 5) is 16.9. The minimum absolute atomic E-state index is 0.0832. The minimum Gasteiger partial charge on any atom is -0.483 e. The van der Waals surface area contributed by atoms with E-state index in [1.807, 2.05) is 23.1 Å². The van der Waals surface area contributed by atoms with Gasteiger partial charge in [0, 0.05) is 31.7 Å². The van der Waals surface area contributed by atoms with Crippen molar-refractivity contribution < 1.29 is 19.0 Å². The molecule has 0 aromatic heterocycles. The molecule has 2 saturated heterocycles. The van der Waals surface area contributed by atoms with E-state index in [-0.39, 0.29) is 19.3 Å². The van der Waals surface area contributed by atoms with Gasteiger partial charge in [-0.2, -0.15) is 0 Å². The molecule has 170 valence electrons. The fourth-order valence-corrected chi connectivity index (χ4v) is 4.97. The first-order valence-corrected chi connectivity index (χ1v) is 11.8. The summed E-state index contributed by atoms with van der Waals surface area (Å²) < 4.78 is 17.1. The highest BCUT2D eigenvalue weighted by molar-refractivity contribution is 5.78. The van der Waals surface area contributed by atoms with Crippen molar-refractivity contribution in [2.45, 2.75) is 39.2 Å². The highest BCUT2D eigenvalue weighted by atomic mass is 16.7. The van der Waals surface area contributed by atoms with E-state index in [1.165, 1.54) is 12.8 Å². The van der Waals surface area contributed by atoms with E-state index in [0.717, 1.165) is 79.5 Å². The molecular formula is C26H32N2O4. The number of amides is 1. The highest BCUT2D eigenvalue weighted by Gasteiger charge is 2.21. The lowest BCUT2D eigenvalue weighted by molar-refractivity contribution is -0.132. The molecule has 1 atom stereocenters. The van der Waals surface area contributed by atoms with E-state index < -0.39 is 0 Å². The summed E-state index contributed by atoms with van der Waals surface area (Å²) in [5.41, 5.74) is 3.33. The van der Waals surface area contributed by atoms with Crippen LogP contribution in [0.25, 0.3) is 11.1 Å². The molecule has 0 aliphatic carbocycles. The van der Waals surface area contributed by atoms with Crippen molar-refractivity contribution in [1.29, 1.82) is 0 Å². The number of nitrogens with zero attached hydrogens (tertiary/aromatic N) is 2. The van der Waals surface area contributed by atoms with E-state index in [2.05, 4.69) is 30.0 Å². The number of likely N-dealkylation sites (tertiary alicyclic amines) is 2. The second-order valence-electron chi connectivity index (χ2n) is 9.25. The van der Waals surface area contributed by atoms with Crippen molar-refractivity contribution >= 4 is 5.91 Å². The monoisotopic (exact) mass is 436 g/mol. The Morgan fingerprint density at radius 3 is 2.62 bits per heavy atom. The molecule has 1 unspecified atom stereocenters. The largest absolute Gasteiger partial charge is 0.483 e. The van der Waals surface area contributed by atoms with Gasteiger partial charge in [-0.3, -0.25) is 9.69 Å². The fourth-order valence-electron chi connectivity index (χ4n) is 4.97. The lowest BCUT2D eigenvalue weighted by Crippen LogP contribution is -2.34. The van der Waals surface area contributed by atoms with E-state index in [9.17, 15) is 4.79 Å². The standard InChI is InChI=1S/C26H32N2O4/c1-19-5-4-10-27(15-19)16-22-13-20(21-7-9-24-25(14-21)32-18-31-24)6-8-23(22)30-17-26(29)28-11-2-3-12-28/h6-9,13-14,19H,2-5,10-12,15-18H2,1H3. The summed E-state index contributed by atoms with van der Waals surface area (Å²) in [5.74, 6) is 3.17. The molecule has 2 aromatic carbocycles. The van der Waals surface area contributed by atoms with Crippen LogP contribution in [0.4, 0.5) is 0 Å². The number of fused-ring (bicyclic) bond motifs is 1. The van der Waals surface area contributed by atoms with E-state index >= 15 is 0 Å². The maximum atomic E-state index is 12.5. The van der Waals surface area contributed by atoms with Crippen LogP contribution in [0.1, 0.15) is 38.2 Å². The van der Waals surface area contributed by atoms with Gasteiger partial charge in [-0.25, -0.2) is 0 Å². The van der Waals surface area contributed by atoms with Crippen LogP contribution in [0.3, 0.4) is 0 Å². The summed E-state index contributed by atoms with van der Waals surface area (Å²) in [5, 5.41) is 0. The Kier molecular flexibility index (Phi) is 6.21. The lowest BCUT2D eigenvalue weighted by atomic mass is 9.98. The van der Waals surface area contributed by atoms with Gasteiger partial charge < -0.3 is 19.1 Å². The molecular weight excluding hydrogens is 404 g/mol. The molecule has 0 N–H and O–H groups in total. The summed E-state index contributed by atoms with van der Waals surface area (Å²) >= 11 is 0. The van der Waals surface area contributed by atoms with Crippen LogP contribution in [0, 0.1) is 5.92 Å². The normalized spacial score (nSPS) is 20.5. The Morgan fingerprint density at radius 1 is 1.00 bits per heavy atom. The van der Waals surface area contributed by atoms with Crippen LogP contribution >= 0.6 is 0 Å². The Morgan fingerprint density at radius 2 is 1.78 bits per heavy atom. The summed E-state index contributed by atoms with van der Waals surface area (Å²) in [6, 6.07) is 12.3. The Labute approximate surface area is 190 Å². The van der Waals surface area contributed by atoms with Crippen molar-refractivity contribution in [2.75, 3.05) is 39.6 Å². The summed E-state index contributed by atoms with van der Waals surface area (Å²) in [6.07, 6.45) is 4.71. The molecule has 0 spiro atoms. The maximum absolute atomic E-state index is 12.5. The third kappa shape index (κ3) is 4.70. The average molecular weight is 437 g/mol. The smallest absolute Gasteiger partial charge is 0.260 e. The molecule has 0 bridgehead atoms. The van der Waals surface area contributed by atoms with E-state index in [1.54, 1.807) is 0 Å². The first-order valence-electron chi connectivity index (χ1n) is 11.8. The SMILES string of the molecule is CC1CCCN(Cc2cc(-c3ccc4c(c3)OCO4)ccc2OCC(=O)N2CCCC2)C1. The van der Waals surface area contributed by atoms with Crippen molar-refractivity contribution in [3.8, 4) is 28.4 Å². The van der Waals surface area contributed by atoms with Crippen LogP contribution < -0.4 is 14.2 Å². The first-order chi connectivity index (χ1) is 15.7. The zero-order valence-electron chi connectivity index (χ0n) is 18.8. The Balaban J connectivity index is 1.38. The molecule has 0 saturated carbocycles. The minimum atomic E-state index is 0.0832. The summed E-state index contributed by atoms with van der Waals surface area (Å²) in [7, 11) is 0. The van der Waals surface area contributed by atoms with Gasteiger partial charge >= 0.3 is 0 Å². The van der Waals surface area contributed by atoms with Crippen LogP contribution in [0.2, 0.25) is 0 Å². The third-order valence-electron chi connectivity index (χ3n) is 6.71. The van der Waals surface area contributed by atoms with Crippen molar-refractivity contribution in [3.05, 3.63) is 42.0 Å². The first kappa shape index (κ1) is 21.1. The van der Waals surface area contributed by atoms with Gasteiger partial charge in [0.05, 0.1) is 0 Å². The van der Waals surface area contributed by atoms with Crippen LogP contribution in [-0.2, 0) is 11.3 Å². The molecule has 3 aliphatic heterocycles. The molecule has 2 aromatic rings.